The maximum atomic E-state index is 5.38. The Morgan fingerprint density at radius 3 is 2.89 bits per heavy atom. The number of anilines is 1. The van der Waals surface area contributed by atoms with E-state index in [-0.39, 0.29) is 0 Å². The lowest BCUT2D eigenvalue weighted by Crippen LogP contribution is -2.10. The second-order valence-electron chi connectivity index (χ2n) is 4.11. The van der Waals surface area contributed by atoms with Gasteiger partial charge >= 0.3 is 0 Å². The molecule has 0 saturated heterocycles. The zero-order valence-electron chi connectivity index (χ0n) is 11.4. The highest BCUT2D eigenvalue weighted by molar-refractivity contribution is 5.38. The van der Waals surface area contributed by atoms with Crippen LogP contribution in [0.15, 0.2) is 12.4 Å². The maximum Gasteiger partial charge on any atom is 0.218 e. The van der Waals surface area contributed by atoms with E-state index in [1.165, 1.54) is 0 Å². The van der Waals surface area contributed by atoms with E-state index < -0.39 is 0 Å². The molecule has 2 aromatic rings. The highest BCUT2D eigenvalue weighted by Gasteiger charge is 2.04. The van der Waals surface area contributed by atoms with Gasteiger partial charge in [-0.25, -0.2) is 4.98 Å². The van der Waals surface area contributed by atoms with Crippen LogP contribution in [0.5, 0.6) is 5.88 Å². The molecular weight excluding hydrogens is 244 g/mol. The summed E-state index contributed by atoms with van der Waals surface area (Å²) in [6.45, 7) is 5.10. The van der Waals surface area contributed by atoms with Crippen molar-refractivity contribution < 1.29 is 4.74 Å². The molecule has 0 saturated carbocycles. The highest BCUT2D eigenvalue weighted by Crippen LogP contribution is 2.13. The van der Waals surface area contributed by atoms with E-state index in [4.69, 9.17) is 4.74 Å². The molecule has 7 nitrogen and oxygen atoms in total. The van der Waals surface area contributed by atoms with E-state index in [2.05, 4.69) is 25.5 Å². The summed E-state index contributed by atoms with van der Waals surface area (Å²) in [4.78, 5) is 8.51. The Morgan fingerprint density at radius 2 is 2.21 bits per heavy atom. The van der Waals surface area contributed by atoms with Crippen LogP contribution in [0.1, 0.15) is 18.6 Å². The lowest BCUT2D eigenvalue weighted by molar-refractivity contribution is 0.325. The van der Waals surface area contributed by atoms with Gasteiger partial charge in [-0.05, 0) is 13.8 Å². The summed E-state index contributed by atoms with van der Waals surface area (Å²) in [6, 6.07) is 1.80. The standard InChI is InChI=1S/C12H18N6O/c1-4-19-12-7-10(15-9(2)16-12)13-6-5-11-17-14-8-18(11)3/h7-8H,4-6H2,1-3H3,(H,13,15,16). The van der Waals surface area contributed by atoms with Crippen LogP contribution in [0.2, 0.25) is 0 Å². The summed E-state index contributed by atoms with van der Waals surface area (Å²) in [5.41, 5.74) is 0. The van der Waals surface area contributed by atoms with Crippen LogP contribution in [-0.4, -0.2) is 37.9 Å². The number of aryl methyl sites for hydroxylation is 2. The molecule has 2 rings (SSSR count). The molecule has 19 heavy (non-hydrogen) atoms. The molecule has 0 bridgehead atoms. The molecule has 2 heterocycles. The Balaban J connectivity index is 1.94. The molecule has 102 valence electrons. The highest BCUT2D eigenvalue weighted by atomic mass is 16.5. The van der Waals surface area contributed by atoms with Gasteiger partial charge in [-0.1, -0.05) is 0 Å². The van der Waals surface area contributed by atoms with E-state index in [0.29, 0.717) is 18.3 Å². The minimum Gasteiger partial charge on any atom is -0.478 e. The first-order chi connectivity index (χ1) is 9.19. The first kappa shape index (κ1) is 13.3. The fourth-order valence-electron chi connectivity index (χ4n) is 1.69. The van der Waals surface area contributed by atoms with Gasteiger partial charge in [0, 0.05) is 26.1 Å². The summed E-state index contributed by atoms with van der Waals surface area (Å²) < 4.78 is 7.28. The number of nitrogens with one attached hydrogen (secondary N) is 1. The molecule has 0 atom stereocenters. The Kier molecular flexibility index (Phi) is 4.27. The van der Waals surface area contributed by atoms with Crippen LogP contribution in [0, 0.1) is 6.92 Å². The van der Waals surface area contributed by atoms with Gasteiger partial charge in [-0.2, -0.15) is 4.98 Å². The van der Waals surface area contributed by atoms with Crippen molar-refractivity contribution in [1.82, 2.24) is 24.7 Å². The smallest absolute Gasteiger partial charge is 0.218 e. The van der Waals surface area contributed by atoms with Gasteiger partial charge in [0.2, 0.25) is 5.88 Å². The Bertz CT molecular complexity index is 539. The number of rotatable bonds is 6. The van der Waals surface area contributed by atoms with Crippen LogP contribution in [0.4, 0.5) is 5.82 Å². The fourth-order valence-corrected chi connectivity index (χ4v) is 1.69. The fraction of sp³-hybridized carbons (Fsp3) is 0.500. The molecule has 7 heteroatoms. The van der Waals surface area contributed by atoms with Crippen LogP contribution in [0.3, 0.4) is 0 Å². The van der Waals surface area contributed by atoms with E-state index in [9.17, 15) is 0 Å². The molecule has 0 spiro atoms. The lowest BCUT2D eigenvalue weighted by Gasteiger charge is -2.08. The van der Waals surface area contributed by atoms with Gasteiger partial charge in [0.05, 0.1) is 6.61 Å². The predicted molar refractivity (Wildman–Crippen MR) is 71.1 cm³/mol. The van der Waals surface area contributed by atoms with Gasteiger partial charge in [-0.15, -0.1) is 10.2 Å². The number of hydrogen-bond acceptors (Lipinski definition) is 6. The first-order valence-electron chi connectivity index (χ1n) is 6.24. The normalized spacial score (nSPS) is 10.5. The van der Waals surface area contributed by atoms with Crippen molar-refractivity contribution in [2.45, 2.75) is 20.3 Å². The Labute approximate surface area is 112 Å². The number of aromatic nitrogens is 5. The second-order valence-corrected chi connectivity index (χ2v) is 4.11. The van der Waals surface area contributed by atoms with Crippen LogP contribution in [-0.2, 0) is 13.5 Å². The van der Waals surface area contributed by atoms with Gasteiger partial charge in [0.15, 0.2) is 0 Å². The largest absolute Gasteiger partial charge is 0.478 e. The average molecular weight is 262 g/mol. The summed E-state index contributed by atoms with van der Waals surface area (Å²) >= 11 is 0. The van der Waals surface area contributed by atoms with Crippen molar-refractivity contribution in [3.8, 4) is 5.88 Å². The maximum absolute atomic E-state index is 5.38. The molecule has 0 aromatic carbocycles. The molecular formula is C12H18N6O. The summed E-state index contributed by atoms with van der Waals surface area (Å²) in [7, 11) is 1.93. The summed E-state index contributed by atoms with van der Waals surface area (Å²) in [5, 5.41) is 11.1. The third-order valence-corrected chi connectivity index (χ3v) is 2.57. The number of nitrogens with zero attached hydrogens (tertiary/aromatic N) is 5. The SMILES string of the molecule is CCOc1cc(NCCc2nncn2C)nc(C)n1. The Morgan fingerprint density at radius 1 is 1.37 bits per heavy atom. The van der Waals surface area contributed by atoms with Gasteiger partial charge in [0.1, 0.15) is 23.8 Å². The minimum absolute atomic E-state index is 0.592. The van der Waals surface area contributed by atoms with Crippen molar-refractivity contribution in [3.05, 3.63) is 24.0 Å². The summed E-state index contributed by atoms with van der Waals surface area (Å²) in [5.74, 6) is 2.98. The molecule has 0 amide bonds. The number of ether oxygens (including phenoxy) is 1. The monoisotopic (exact) mass is 262 g/mol. The third kappa shape index (κ3) is 3.64. The first-order valence-corrected chi connectivity index (χ1v) is 6.24. The van der Waals surface area contributed by atoms with E-state index >= 15 is 0 Å². The molecule has 1 N–H and O–H groups in total. The van der Waals surface area contributed by atoms with Crippen LogP contribution in [0.25, 0.3) is 0 Å². The van der Waals surface area contributed by atoms with Crippen LogP contribution >= 0.6 is 0 Å². The van der Waals surface area contributed by atoms with E-state index in [1.54, 1.807) is 12.4 Å². The molecule has 0 aliphatic rings. The Hall–Kier alpha value is -2.18. The minimum atomic E-state index is 0.592. The third-order valence-electron chi connectivity index (χ3n) is 2.57. The second kappa shape index (κ2) is 6.12. The lowest BCUT2D eigenvalue weighted by atomic mass is 10.4. The quantitative estimate of drug-likeness (QED) is 0.835. The molecule has 0 aliphatic carbocycles. The van der Waals surface area contributed by atoms with E-state index in [1.807, 2.05) is 25.5 Å². The molecule has 0 unspecified atom stereocenters. The van der Waals surface area contributed by atoms with E-state index in [0.717, 1.165) is 24.6 Å². The van der Waals surface area contributed by atoms with Crippen molar-refractivity contribution >= 4 is 5.82 Å². The topological polar surface area (TPSA) is 77.8 Å². The van der Waals surface area contributed by atoms with Crippen molar-refractivity contribution in [2.75, 3.05) is 18.5 Å². The molecule has 0 fully saturated rings. The van der Waals surface area contributed by atoms with Gasteiger partial charge < -0.3 is 14.6 Å². The van der Waals surface area contributed by atoms with Crippen LogP contribution < -0.4 is 10.1 Å². The molecule has 0 radical (unpaired) electrons. The van der Waals surface area contributed by atoms with Crippen molar-refractivity contribution in [1.29, 1.82) is 0 Å². The molecule has 2 aromatic heterocycles. The van der Waals surface area contributed by atoms with Gasteiger partial charge in [-0.3, -0.25) is 0 Å². The predicted octanol–water partition coefficient (Wildman–Crippen LogP) is 0.967. The molecule has 0 aliphatic heterocycles. The van der Waals surface area contributed by atoms with Crippen molar-refractivity contribution in [2.24, 2.45) is 7.05 Å². The zero-order chi connectivity index (χ0) is 13.7. The summed E-state index contributed by atoms with van der Waals surface area (Å²) in [6.07, 6.45) is 2.47. The van der Waals surface area contributed by atoms with Gasteiger partial charge in [0.25, 0.3) is 0 Å². The zero-order valence-corrected chi connectivity index (χ0v) is 11.4. The van der Waals surface area contributed by atoms with Crippen molar-refractivity contribution in [3.63, 3.8) is 0 Å². The number of hydrogen-bond donors (Lipinski definition) is 1. The average Bonchev–Trinajstić information content (AvgIpc) is 2.75.